The Morgan fingerprint density at radius 2 is 1.90 bits per heavy atom. The zero-order chi connectivity index (χ0) is 14.7. The highest BCUT2D eigenvalue weighted by Crippen LogP contribution is 2.33. The number of hydrogen-bond donors (Lipinski definition) is 1. The Morgan fingerprint density at radius 1 is 1.19 bits per heavy atom. The number of imidazole rings is 1. The predicted octanol–water partition coefficient (Wildman–Crippen LogP) is 3.16. The molecule has 1 N–H and O–H groups in total. The van der Waals surface area contributed by atoms with Crippen LogP contribution in [-0.4, -0.2) is 40.6 Å². The zero-order valence-electron chi connectivity index (χ0n) is 12.9. The number of benzene rings is 1. The summed E-state index contributed by atoms with van der Waals surface area (Å²) in [5, 5.41) is 3.57. The number of aromatic nitrogens is 2. The minimum Gasteiger partial charge on any atom is -0.353 e. The summed E-state index contributed by atoms with van der Waals surface area (Å²) in [7, 11) is 4.38. The van der Waals surface area contributed by atoms with Gasteiger partial charge in [0.05, 0.1) is 0 Å². The van der Waals surface area contributed by atoms with Crippen LogP contribution in [0.2, 0.25) is 0 Å². The van der Waals surface area contributed by atoms with Crippen molar-refractivity contribution in [3.63, 3.8) is 0 Å². The molecule has 0 unspecified atom stereocenters. The number of hydrogen-bond acceptors (Lipinski definition) is 3. The van der Waals surface area contributed by atoms with Crippen LogP contribution in [0.5, 0.6) is 0 Å². The van der Waals surface area contributed by atoms with Crippen molar-refractivity contribution >= 4 is 5.95 Å². The average Bonchev–Trinajstić information content (AvgIpc) is 3.16. The maximum absolute atomic E-state index is 4.48. The number of likely N-dealkylation sites (N-methyl/N-ethyl adjacent to an activating group) is 1. The van der Waals surface area contributed by atoms with Gasteiger partial charge in [-0.1, -0.05) is 31.0 Å². The van der Waals surface area contributed by atoms with E-state index in [1.165, 1.54) is 25.7 Å². The zero-order valence-corrected chi connectivity index (χ0v) is 12.9. The topological polar surface area (TPSA) is 33.1 Å². The van der Waals surface area contributed by atoms with Gasteiger partial charge in [-0.05, 0) is 39.1 Å². The lowest BCUT2D eigenvalue weighted by Crippen LogP contribution is -2.47. The van der Waals surface area contributed by atoms with Crippen LogP contribution < -0.4 is 5.32 Å². The van der Waals surface area contributed by atoms with Gasteiger partial charge in [0.15, 0.2) is 0 Å². The molecular formula is C17H24N4. The van der Waals surface area contributed by atoms with Crippen molar-refractivity contribution in [1.82, 2.24) is 14.5 Å². The van der Waals surface area contributed by atoms with E-state index in [9.17, 15) is 0 Å². The first-order chi connectivity index (χ1) is 10.2. The number of nitrogens with zero attached hydrogens (tertiary/aromatic N) is 3. The first-order valence-corrected chi connectivity index (χ1v) is 7.71. The van der Waals surface area contributed by atoms with Crippen LogP contribution in [0, 0.1) is 0 Å². The van der Waals surface area contributed by atoms with E-state index in [-0.39, 0.29) is 5.54 Å². The Morgan fingerprint density at radius 3 is 2.57 bits per heavy atom. The Labute approximate surface area is 126 Å². The van der Waals surface area contributed by atoms with Gasteiger partial charge in [0.2, 0.25) is 5.95 Å². The molecule has 2 aromatic rings. The Kier molecular flexibility index (Phi) is 3.97. The number of anilines is 1. The molecule has 1 aromatic carbocycles. The van der Waals surface area contributed by atoms with Crippen LogP contribution in [0.1, 0.15) is 25.7 Å². The minimum atomic E-state index is 0.271. The second kappa shape index (κ2) is 5.90. The summed E-state index contributed by atoms with van der Waals surface area (Å²) in [6.45, 7) is 0.948. The standard InChI is InChI=1S/C17H24N4/c1-20(2)17(10-6-7-11-17)14-19-16-18-12-13-21(16)15-8-4-3-5-9-15/h3-5,8-9,12-13H,6-7,10-11,14H2,1-2H3,(H,18,19). The van der Waals surface area contributed by atoms with Gasteiger partial charge in [-0.2, -0.15) is 0 Å². The highest BCUT2D eigenvalue weighted by molar-refractivity contribution is 5.41. The number of para-hydroxylation sites is 1. The lowest BCUT2D eigenvalue weighted by Gasteiger charge is -2.36. The van der Waals surface area contributed by atoms with Gasteiger partial charge in [0.1, 0.15) is 0 Å². The fraction of sp³-hybridized carbons (Fsp3) is 0.471. The normalized spacial score (nSPS) is 17.3. The molecule has 1 aliphatic carbocycles. The monoisotopic (exact) mass is 284 g/mol. The van der Waals surface area contributed by atoms with Crippen LogP contribution in [0.15, 0.2) is 42.7 Å². The average molecular weight is 284 g/mol. The molecule has 1 saturated carbocycles. The van der Waals surface area contributed by atoms with Gasteiger partial charge in [-0.25, -0.2) is 4.98 Å². The molecule has 3 rings (SSSR count). The van der Waals surface area contributed by atoms with E-state index >= 15 is 0 Å². The van der Waals surface area contributed by atoms with Crippen molar-refractivity contribution in [3.8, 4) is 5.69 Å². The van der Waals surface area contributed by atoms with Gasteiger partial charge < -0.3 is 10.2 Å². The summed E-state index contributed by atoms with van der Waals surface area (Å²) in [6, 6.07) is 10.3. The van der Waals surface area contributed by atoms with E-state index in [1.54, 1.807) is 0 Å². The van der Waals surface area contributed by atoms with Crippen molar-refractivity contribution in [1.29, 1.82) is 0 Å². The van der Waals surface area contributed by atoms with E-state index in [1.807, 2.05) is 18.5 Å². The fourth-order valence-electron chi connectivity index (χ4n) is 3.29. The van der Waals surface area contributed by atoms with Crippen LogP contribution in [0.3, 0.4) is 0 Å². The van der Waals surface area contributed by atoms with Crippen molar-refractivity contribution in [3.05, 3.63) is 42.7 Å². The molecule has 1 fully saturated rings. The highest BCUT2D eigenvalue weighted by Gasteiger charge is 2.35. The van der Waals surface area contributed by atoms with Gasteiger partial charge in [-0.15, -0.1) is 0 Å². The summed E-state index contributed by atoms with van der Waals surface area (Å²) in [5.74, 6) is 0.925. The van der Waals surface area contributed by atoms with E-state index < -0.39 is 0 Å². The summed E-state index contributed by atoms with van der Waals surface area (Å²) >= 11 is 0. The molecule has 0 aliphatic heterocycles. The third-order valence-electron chi connectivity index (χ3n) is 4.73. The van der Waals surface area contributed by atoms with E-state index in [4.69, 9.17) is 0 Å². The molecule has 0 bridgehead atoms. The Bertz CT molecular complexity index is 567. The quantitative estimate of drug-likeness (QED) is 0.915. The molecule has 112 valence electrons. The molecule has 1 aliphatic rings. The smallest absolute Gasteiger partial charge is 0.207 e. The molecular weight excluding hydrogens is 260 g/mol. The van der Waals surface area contributed by atoms with E-state index in [2.05, 4.69) is 58.1 Å². The van der Waals surface area contributed by atoms with Crippen molar-refractivity contribution in [2.45, 2.75) is 31.2 Å². The van der Waals surface area contributed by atoms with Crippen LogP contribution in [0.4, 0.5) is 5.95 Å². The maximum Gasteiger partial charge on any atom is 0.207 e. The summed E-state index contributed by atoms with van der Waals surface area (Å²) < 4.78 is 2.11. The third-order valence-corrected chi connectivity index (χ3v) is 4.73. The molecule has 0 spiro atoms. The molecule has 0 atom stereocenters. The third kappa shape index (κ3) is 2.81. The van der Waals surface area contributed by atoms with E-state index in [0.29, 0.717) is 0 Å². The molecule has 1 heterocycles. The second-order valence-corrected chi connectivity index (χ2v) is 6.14. The molecule has 21 heavy (non-hydrogen) atoms. The van der Waals surface area contributed by atoms with Crippen LogP contribution in [-0.2, 0) is 0 Å². The lowest BCUT2D eigenvalue weighted by molar-refractivity contribution is 0.172. The summed E-state index contributed by atoms with van der Waals surface area (Å²) in [6.07, 6.45) is 9.04. The minimum absolute atomic E-state index is 0.271. The Hall–Kier alpha value is -1.81. The van der Waals surface area contributed by atoms with Crippen LogP contribution >= 0.6 is 0 Å². The van der Waals surface area contributed by atoms with Crippen molar-refractivity contribution in [2.75, 3.05) is 26.0 Å². The highest BCUT2D eigenvalue weighted by atomic mass is 15.2. The number of rotatable bonds is 5. The molecule has 1 aromatic heterocycles. The van der Waals surface area contributed by atoms with Crippen LogP contribution in [0.25, 0.3) is 5.69 Å². The first-order valence-electron chi connectivity index (χ1n) is 7.71. The number of nitrogens with one attached hydrogen (secondary N) is 1. The first kappa shape index (κ1) is 14.1. The van der Waals surface area contributed by atoms with Gasteiger partial charge in [0.25, 0.3) is 0 Å². The lowest BCUT2D eigenvalue weighted by atomic mass is 9.96. The molecule has 0 radical (unpaired) electrons. The van der Waals surface area contributed by atoms with Crippen molar-refractivity contribution < 1.29 is 0 Å². The molecule has 0 saturated heterocycles. The molecule has 0 amide bonds. The largest absolute Gasteiger partial charge is 0.353 e. The van der Waals surface area contributed by atoms with Gasteiger partial charge in [-0.3, -0.25) is 4.57 Å². The Balaban J connectivity index is 1.76. The second-order valence-electron chi connectivity index (χ2n) is 6.14. The van der Waals surface area contributed by atoms with Gasteiger partial charge in [0, 0.05) is 30.2 Å². The fourth-order valence-corrected chi connectivity index (χ4v) is 3.29. The molecule has 4 nitrogen and oxygen atoms in total. The predicted molar refractivity (Wildman–Crippen MR) is 86.9 cm³/mol. The summed E-state index contributed by atoms with van der Waals surface area (Å²) in [4.78, 5) is 6.86. The van der Waals surface area contributed by atoms with Crippen molar-refractivity contribution in [2.24, 2.45) is 0 Å². The molecule has 4 heteroatoms. The SMILES string of the molecule is CN(C)C1(CNc2nccn2-c2ccccc2)CCCC1. The van der Waals surface area contributed by atoms with E-state index in [0.717, 1.165) is 18.2 Å². The summed E-state index contributed by atoms with van der Waals surface area (Å²) in [5.41, 5.74) is 1.41. The van der Waals surface area contributed by atoms with Gasteiger partial charge >= 0.3 is 0 Å². The maximum atomic E-state index is 4.48.